The minimum atomic E-state index is -4.77. The summed E-state index contributed by atoms with van der Waals surface area (Å²) in [6, 6.07) is 2.90. The van der Waals surface area contributed by atoms with Gasteiger partial charge in [0.05, 0.1) is 12.0 Å². The molecule has 0 saturated carbocycles. The number of nitrogens with zero attached hydrogens (tertiary/aromatic N) is 1. The third kappa shape index (κ3) is 6.29. The van der Waals surface area contributed by atoms with E-state index in [2.05, 4.69) is 11.6 Å². The molecule has 0 aliphatic rings. The molecule has 0 atom stereocenters. The van der Waals surface area contributed by atoms with Gasteiger partial charge in [0.1, 0.15) is 0 Å². The first-order valence-corrected chi connectivity index (χ1v) is 5.71. The zero-order valence-electron chi connectivity index (χ0n) is 10.7. The lowest BCUT2D eigenvalue weighted by atomic mass is 10.1. The van der Waals surface area contributed by atoms with E-state index in [1.807, 2.05) is 0 Å². The Labute approximate surface area is 117 Å². The molecule has 1 nitrogen and oxygen atoms in total. The summed E-state index contributed by atoms with van der Waals surface area (Å²) in [7, 11) is 0. The average Bonchev–Trinajstić information content (AvgIpc) is 2.36. The molecule has 0 bridgehead atoms. The smallest absolute Gasteiger partial charge is 0.265 e. The van der Waals surface area contributed by atoms with Crippen LogP contribution in [0.2, 0.25) is 0 Å². The van der Waals surface area contributed by atoms with E-state index in [1.165, 1.54) is 24.5 Å². The van der Waals surface area contributed by atoms with Crippen molar-refractivity contribution in [3.8, 4) is 0 Å². The maximum Gasteiger partial charge on any atom is 0.416 e. The lowest BCUT2D eigenvalue weighted by molar-refractivity contribution is -0.125. The largest absolute Gasteiger partial charge is 0.416 e. The molecule has 0 spiro atoms. The molecular weight excluding hydrogens is 296 g/mol. The number of allylic oxidation sites excluding steroid dienone is 5. The quantitative estimate of drug-likeness (QED) is 0.557. The van der Waals surface area contributed by atoms with Gasteiger partial charge in [0, 0.05) is 12.4 Å². The van der Waals surface area contributed by atoms with Crippen molar-refractivity contribution in [2.24, 2.45) is 0 Å². The number of aromatic nitrogens is 1. The highest BCUT2D eigenvalue weighted by atomic mass is 19.4. The van der Waals surface area contributed by atoms with E-state index < -0.39 is 24.3 Å². The van der Waals surface area contributed by atoms with Crippen LogP contribution in [0.1, 0.15) is 12.0 Å². The van der Waals surface area contributed by atoms with E-state index in [-0.39, 0.29) is 5.57 Å². The van der Waals surface area contributed by atoms with Gasteiger partial charge in [0.25, 0.3) is 0 Å². The Morgan fingerprint density at radius 1 is 1.10 bits per heavy atom. The van der Waals surface area contributed by atoms with E-state index in [0.29, 0.717) is 23.8 Å². The number of pyridine rings is 1. The molecule has 0 fully saturated rings. The van der Waals surface area contributed by atoms with Crippen LogP contribution in [-0.4, -0.2) is 17.3 Å². The lowest BCUT2D eigenvalue weighted by Gasteiger charge is -2.09. The second-order valence-electron chi connectivity index (χ2n) is 4.08. The number of hydrogen-bond acceptors (Lipinski definition) is 1. The third-order valence-corrected chi connectivity index (χ3v) is 2.35. The van der Waals surface area contributed by atoms with Crippen LogP contribution in [-0.2, 0) is 0 Å². The zero-order valence-corrected chi connectivity index (χ0v) is 10.7. The standard InChI is InChI=1S/C14H11F6N/c1-10(11-4-7-21-8-5-11)9-12(14(18,19)20)3-2-6-13(15,16)17/h2-5,7-9H,1,6H2/b3-2-,12-9+. The molecule has 0 amide bonds. The first kappa shape index (κ1) is 17.0. The Morgan fingerprint density at radius 2 is 1.67 bits per heavy atom. The maximum absolute atomic E-state index is 12.8. The number of hydrogen-bond donors (Lipinski definition) is 0. The molecule has 0 aliphatic carbocycles. The van der Waals surface area contributed by atoms with Crippen LogP contribution >= 0.6 is 0 Å². The van der Waals surface area contributed by atoms with Gasteiger partial charge < -0.3 is 0 Å². The fourth-order valence-electron chi connectivity index (χ4n) is 1.38. The minimum Gasteiger partial charge on any atom is -0.265 e. The third-order valence-electron chi connectivity index (χ3n) is 2.35. The monoisotopic (exact) mass is 307 g/mol. The molecular formula is C14H11F6N. The van der Waals surface area contributed by atoms with Crippen LogP contribution in [0.3, 0.4) is 0 Å². The van der Waals surface area contributed by atoms with Crippen molar-refractivity contribution in [2.45, 2.75) is 18.8 Å². The van der Waals surface area contributed by atoms with Crippen LogP contribution in [0.4, 0.5) is 26.3 Å². The molecule has 0 radical (unpaired) electrons. The summed E-state index contributed by atoms with van der Waals surface area (Å²) in [6.07, 6.45) is -6.46. The summed E-state index contributed by atoms with van der Waals surface area (Å²) in [4.78, 5) is 3.71. The van der Waals surface area contributed by atoms with Gasteiger partial charge in [-0.1, -0.05) is 18.7 Å². The maximum atomic E-state index is 12.8. The Balaban J connectivity index is 2.98. The molecule has 21 heavy (non-hydrogen) atoms. The van der Waals surface area contributed by atoms with Crippen LogP contribution in [0.25, 0.3) is 5.57 Å². The van der Waals surface area contributed by atoms with Crippen molar-refractivity contribution >= 4 is 5.57 Å². The molecule has 0 saturated heterocycles. The summed E-state index contributed by atoms with van der Waals surface area (Å²) >= 11 is 0. The Morgan fingerprint density at radius 3 is 2.14 bits per heavy atom. The van der Waals surface area contributed by atoms with E-state index in [1.54, 1.807) is 0 Å². The summed E-state index contributed by atoms with van der Waals surface area (Å²) in [6.45, 7) is 3.47. The first-order chi connectivity index (χ1) is 9.59. The number of alkyl halides is 6. The van der Waals surface area contributed by atoms with Crippen molar-refractivity contribution in [2.75, 3.05) is 0 Å². The highest BCUT2D eigenvalue weighted by Crippen LogP contribution is 2.30. The summed E-state index contributed by atoms with van der Waals surface area (Å²) in [5.41, 5.74) is -0.772. The van der Waals surface area contributed by atoms with Gasteiger partial charge in [-0.2, -0.15) is 26.3 Å². The van der Waals surface area contributed by atoms with Crippen molar-refractivity contribution in [1.82, 2.24) is 4.98 Å². The lowest BCUT2D eigenvalue weighted by Crippen LogP contribution is -2.11. The minimum absolute atomic E-state index is 0.0291. The van der Waals surface area contributed by atoms with E-state index in [0.717, 1.165) is 0 Å². The number of rotatable bonds is 4. The van der Waals surface area contributed by atoms with E-state index >= 15 is 0 Å². The molecule has 1 rings (SSSR count). The molecule has 1 aromatic rings. The van der Waals surface area contributed by atoms with Gasteiger partial charge in [-0.05, 0) is 29.3 Å². The van der Waals surface area contributed by atoms with Gasteiger partial charge in [-0.15, -0.1) is 0 Å². The SMILES string of the molecule is C=C(/C=C(\C=C/CC(F)(F)F)C(F)(F)F)c1ccncc1. The van der Waals surface area contributed by atoms with Crippen LogP contribution in [0.15, 0.2) is 54.9 Å². The molecule has 1 aromatic heterocycles. The fourth-order valence-corrected chi connectivity index (χ4v) is 1.38. The van der Waals surface area contributed by atoms with Gasteiger partial charge >= 0.3 is 12.4 Å². The van der Waals surface area contributed by atoms with E-state index in [9.17, 15) is 26.3 Å². The molecule has 1 heterocycles. The second-order valence-corrected chi connectivity index (χ2v) is 4.08. The Kier molecular flexibility index (Phi) is 5.34. The van der Waals surface area contributed by atoms with Gasteiger partial charge in [-0.25, -0.2) is 0 Å². The number of halogens is 6. The molecule has 0 N–H and O–H groups in total. The Hall–Kier alpha value is -2.05. The summed E-state index contributed by atoms with van der Waals surface area (Å²) in [5.74, 6) is 0. The average molecular weight is 307 g/mol. The van der Waals surface area contributed by atoms with Crippen molar-refractivity contribution in [3.63, 3.8) is 0 Å². The first-order valence-electron chi connectivity index (χ1n) is 5.71. The summed E-state index contributed by atoms with van der Waals surface area (Å²) < 4.78 is 74.1. The van der Waals surface area contributed by atoms with Crippen molar-refractivity contribution < 1.29 is 26.3 Å². The highest BCUT2D eigenvalue weighted by molar-refractivity contribution is 5.73. The molecule has 0 aromatic carbocycles. The van der Waals surface area contributed by atoms with Gasteiger partial charge in [0.15, 0.2) is 0 Å². The molecule has 7 heteroatoms. The molecule has 114 valence electrons. The normalized spacial score (nSPS) is 13.7. The van der Waals surface area contributed by atoms with Crippen LogP contribution < -0.4 is 0 Å². The van der Waals surface area contributed by atoms with Gasteiger partial charge in [-0.3, -0.25) is 4.98 Å². The van der Waals surface area contributed by atoms with Crippen molar-refractivity contribution in [3.05, 3.63) is 60.5 Å². The predicted molar refractivity (Wildman–Crippen MR) is 67.2 cm³/mol. The predicted octanol–water partition coefficient (Wildman–Crippen LogP) is 5.09. The molecule has 0 unspecified atom stereocenters. The fraction of sp³-hybridized carbons (Fsp3) is 0.214. The Bertz CT molecular complexity index is 537. The van der Waals surface area contributed by atoms with Gasteiger partial charge in [0.2, 0.25) is 0 Å². The second kappa shape index (κ2) is 6.60. The highest BCUT2D eigenvalue weighted by Gasteiger charge is 2.32. The molecule has 0 aliphatic heterocycles. The summed E-state index contributed by atoms with van der Waals surface area (Å²) in [5, 5.41) is 0. The van der Waals surface area contributed by atoms with Crippen LogP contribution in [0.5, 0.6) is 0 Å². The van der Waals surface area contributed by atoms with Crippen LogP contribution in [0, 0.1) is 0 Å². The van der Waals surface area contributed by atoms with Crippen molar-refractivity contribution in [1.29, 1.82) is 0 Å². The van der Waals surface area contributed by atoms with E-state index in [4.69, 9.17) is 0 Å². The topological polar surface area (TPSA) is 12.9 Å². The zero-order chi connectivity index (χ0) is 16.1.